The molecule has 40 heavy (non-hydrogen) atoms. The van der Waals surface area contributed by atoms with Crippen molar-refractivity contribution in [2.45, 2.75) is 49.1 Å². The molecule has 0 aliphatic rings. The summed E-state index contributed by atoms with van der Waals surface area (Å²) in [6.07, 6.45) is 3.66. The Bertz CT molecular complexity index is 1870. The molecular formula is C29H32N6O2S2Si. The number of benzene rings is 2. The van der Waals surface area contributed by atoms with E-state index in [1.165, 1.54) is 10.2 Å². The molecule has 0 fully saturated rings. The molecule has 0 radical (unpaired) electrons. The first kappa shape index (κ1) is 26.9. The normalized spacial score (nSPS) is 12.3. The summed E-state index contributed by atoms with van der Waals surface area (Å²) in [5.74, 6) is 0.858. The number of aromatic nitrogens is 6. The zero-order chi connectivity index (χ0) is 27.9. The van der Waals surface area contributed by atoms with Crippen LogP contribution in [-0.4, -0.2) is 43.8 Å². The van der Waals surface area contributed by atoms with Crippen LogP contribution in [0.4, 0.5) is 0 Å². The lowest BCUT2D eigenvalue weighted by atomic mass is 10.1. The Hall–Kier alpha value is -3.25. The predicted octanol–water partition coefficient (Wildman–Crippen LogP) is 6.35. The number of thioether (sulfide) groups is 1. The molecule has 8 nitrogen and oxygen atoms in total. The lowest BCUT2D eigenvalue weighted by Crippen LogP contribution is -2.24. The predicted molar refractivity (Wildman–Crippen MR) is 167 cm³/mol. The lowest BCUT2D eigenvalue weighted by Gasteiger charge is -2.15. The van der Waals surface area contributed by atoms with Crippen molar-refractivity contribution < 1.29 is 4.74 Å². The van der Waals surface area contributed by atoms with Gasteiger partial charge in [-0.25, -0.2) is 14.3 Å². The Kier molecular flexibility index (Phi) is 7.38. The molecule has 0 aliphatic carbocycles. The molecule has 0 saturated carbocycles. The number of aryl methyl sites for hydroxylation is 1. The maximum absolute atomic E-state index is 13.6. The second-order valence-corrected chi connectivity index (χ2v) is 19.0. The van der Waals surface area contributed by atoms with Gasteiger partial charge >= 0.3 is 0 Å². The van der Waals surface area contributed by atoms with Crippen LogP contribution >= 0.6 is 23.1 Å². The second-order valence-electron chi connectivity index (χ2n) is 11.2. The van der Waals surface area contributed by atoms with E-state index in [4.69, 9.17) is 9.72 Å². The highest BCUT2D eigenvalue weighted by molar-refractivity contribution is 8.00. The summed E-state index contributed by atoms with van der Waals surface area (Å²) in [4.78, 5) is 18.5. The summed E-state index contributed by atoms with van der Waals surface area (Å²) in [6, 6.07) is 17.6. The number of hydrogen-bond donors (Lipinski definition) is 0. The number of rotatable bonds is 10. The minimum absolute atomic E-state index is 0.122. The number of ether oxygens (including phenoxy) is 1. The van der Waals surface area contributed by atoms with Crippen LogP contribution in [0.3, 0.4) is 0 Å². The first-order chi connectivity index (χ1) is 19.3. The van der Waals surface area contributed by atoms with E-state index in [9.17, 15) is 4.79 Å². The third kappa shape index (κ3) is 5.38. The molecule has 0 atom stereocenters. The van der Waals surface area contributed by atoms with E-state index in [1.807, 2.05) is 46.8 Å². The topological polar surface area (TPSA) is 79.8 Å². The van der Waals surface area contributed by atoms with Crippen LogP contribution < -0.4 is 5.56 Å². The summed E-state index contributed by atoms with van der Waals surface area (Å²) in [5, 5.41) is 11.0. The van der Waals surface area contributed by atoms with E-state index < -0.39 is 8.07 Å². The number of nitrogens with zero attached hydrogens (tertiary/aromatic N) is 6. The molecular weight excluding hydrogens is 557 g/mol. The van der Waals surface area contributed by atoms with E-state index in [-0.39, 0.29) is 5.56 Å². The van der Waals surface area contributed by atoms with Gasteiger partial charge in [0.25, 0.3) is 5.56 Å². The Morgan fingerprint density at radius 2 is 1.75 bits per heavy atom. The molecule has 206 valence electrons. The Morgan fingerprint density at radius 3 is 2.55 bits per heavy atom. The van der Waals surface area contributed by atoms with E-state index in [1.54, 1.807) is 29.3 Å². The quantitative estimate of drug-likeness (QED) is 0.105. The van der Waals surface area contributed by atoms with Gasteiger partial charge in [-0.1, -0.05) is 73.9 Å². The molecule has 0 amide bonds. The molecule has 0 saturated heterocycles. The molecule has 2 aromatic carbocycles. The Balaban J connectivity index is 1.24. The second kappa shape index (κ2) is 11.0. The first-order valence-electron chi connectivity index (χ1n) is 13.3. The number of hydrogen-bond acceptors (Lipinski definition) is 7. The molecule has 0 unspecified atom stereocenters. The van der Waals surface area contributed by atoms with Gasteiger partial charge < -0.3 is 9.30 Å². The summed E-state index contributed by atoms with van der Waals surface area (Å²) in [7, 11) is 0.771. The van der Waals surface area contributed by atoms with Crippen molar-refractivity contribution in [2.24, 2.45) is 7.05 Å². The van der Waals surface area contributed by atoms with E-state index >= 15 is 0 Å². The molecule has 0 aliphatic heterocycles. The number of thiazole rings is 1. The molecule has 4 heterocycles. The van der Waals surface area contributed by atoms with Crippen molar-refractivity contribution in [2.75, 3.05) is 6.61 Å². The average molecular weight is 589 g/mol. The lowest BCUT2D eigenvalue weighted by molar-refractivity contribution is 0.0817. The van der Waals surface area contributed by atoms with Crippen LogP contribution in [0.25, 0.3) is 32.2 Å². The third-order valence-electron chi connectivity index (χ3n) is 7.02. The van der Waals surface area contributed by atoms with Crippen LogP contribution in [-0.2, 0) is 30.8 Å². The van der Waals surface area contributed by atoms with Gasteiger partial charge in [0.15, 0.2) is 9.99 Å². The third-order valence-corrected chi connectivity index (χ3v) is 11.0. The van der Waals surface area contributed by atoms with Crippen LogP contribution in [0.15, 0.2) is 70.1 Å². The number of fused-ring (bicyclic) bond motifs is 4. The van der Waals surface area contributed by atoms with Crippen molar-refractivity contribution in [1.82, 2.24) is 29.1 Å². The molecule has 0 bridgehead atoms. The molecule has 11 heteroatoms. The van der Waals surface area contributed by atoms with Gasteiger partial charge in [-0.3, -0.25) is 4.79 Å². The van der Waals surface area contributed by atoms with E-state index in [2.05, 4.69) is 54.1 Å². The van der Waals surface area contributed by atoms with Gasteiger partial charge in [-0.2, -0.15) is 10.2 Å². The van der Waals surface area contributed by atoms with Gasteiger partial charge in [0, 0.05) is 38.3 Å². The molecule has 6 rings (SSSR count). The summed E-state index contributed by atoms with van der Waals surface area (Å²) >= 11 is 3.34. The largest absolute Gasteiger partial charge is 0.360 e. The average Bonchev–Trinajstić information content (AvgIpc) is 3.62. The molecule has 0 N–H and O–H groups in total. The van der Waals surface area contributed by atoms with Gasteiger partial charge in [0.2, 0.25) is 0 Å². The highest BCUT2D eigenvalue weighted by atomic mass is 32.2. The van der Waals surface area contributed by atoms with Gasteiger partial charge in [0.1, 0.15) is 12.2 Å². The SMILES string of the molecule is Cn1c2nc(SCc3ccccc3)sc2c2cnn(Cc3cccc4c3cnn4COCC[Si](C)(C)C)c(=O)c21. The maximum atomic E-state index is 13.6. The van der Waals surface area contributed by atoms with Crippen LogP contribution in [0, 0.1) is 0 Å². The molecule has 0 spiro atoms. The summed E-state index contributed by atoms with van der Waals surface area (Å²) < 4.78 is 13.2. The van der Waals surface area contributed by atoms with E-state index in [0.29, 0.717) is 18.8 Å². The maximum Gasteiger partial charge on any atom is 0.291 e. The van der Waals surface area contributed by atoms with Crippen molar-refractivity contribution >= 4 is 63.3 Å². The summed E-state index contributed by atoms with van der Waals surface area (Å²) in [6.45, 7) is 8.55. The Morgan fingerprint density at radius 1 is 0.975 bits per heavy atom. The van der Waals surface area contributed by atoms with Crippen LogP contribution in [0.5, 0.6) is 0 Å². The van der Waals surface area contributed by atoms with Gasteiger partial charge in [-0.15, -0.1) is 11.3 Å². The van der Waals surface area contributed by atoms with Crippen LogP contribution in [0.2, 0.25) is 25.7 Å². The molecule has 6 aromatic rings. The highest BCUT2D eigenvalue weighted by Crippen LogP contribution is 2.36. The minimum atomic E-state index is -1.14. The fourth-order valence-corrected chi connectivity index (χ4v) is 7.65. The zero-order valence-electron chi connectivity index (χ0n) is 23.1. The van der Waals surface area contributed by atoms with E-state index in [0.717, 1.165) is 54.9 Å². The van der Waals surface area contributed by atoms with Gasteiger partial charge in [0.05, 0.1) is 29.2 Å². The highest BCUT2D eigenvalue weighted by Gasteiger charge is 2.19. The summed E-state index contributed by atoms with van der Waals surface area (Å²) in [5.41, 5.74) is 4.57. The van der Waals surface area contributed by atoms with Crippen molar-refractivity contribution in [1.29, 1.82) is 0 Å². The minimum Gasteiger partial charge on any atom is -0.360 e. The standard InChI is InChI=1S/C29H32N6O2S2Si/c1-33-25-23(26-27(33)32-29(39-26)38-18-20-9-6-5-7-10-20)16-30-34(28(25)36)17-21-11-8-12-24-22(21)15-31-35(24)19-37-13-14-40(2,3)4/h5-12,15-16H,13-14,17-19H2,1-4H3. The first-order valence-corrected chi connectivity index (χ1v) is 18.8. The van der Waals surface area contributed by atoms with Gasteiger partial charge in [-0.05, 0) is 23.2 Å². The zero-order valence-corrected chi connectivity index (χ0v) is 25.8. The van der Waals surface area contributed by atoms with Crippen molar-refractivity contribution in [3.63, 3.8) is 0 Å². The molecule has 4 aromatic heterocycles. The smallest absolute Gasteiger partial charge is 0.291 e. The van der Waals surface area contributed by atoms with Crippen molar-refractivity contribution in [3.8, 4) is 0 Å². The fourth-order valence-electron chi connectivity index (χ4n) is 4.76. The monoisotopic (exact) mass is 588 g/mol. The Labute approximate surface area is 241 Å². The van der Waals surface area contributed by atoms with Crippen LogP contribution in [0.1, 0.15) is 11.1 Å². The van der Waals surface area contributed by atoms with Crippen molar-refractivity contribution in [3.05, 3.63) is 82.4 Å². The fraction of sp³-hybridized carbons (Fsp3) is 0.310.